The average molecular weight is 369 g/mol. The highest BCUT2D eigenvalue weighted by atomic mass is 32.2. The van der Waals surface area contributed by atoms with Crippen molar-refractivity contribution in [2.24, 2.45) is 0 Å². The lowest BCUT2D eigenvalue weighted by Gasteiger charge is -2.16. The van der Waals surface area contributed by atoms with Crippen LogP contribution < -0.4 is 5.32 Å². The Morgan fingerprint density at radius 1 is 1.23 bits per heavy atom. The molecule has 26 heavy (non-hydrogen) atoms. The molecule has 7 heteroatoms. The summed E-state index contributed by atoms with van der Waals surface area (Å²) >= 11 is 1.29. The van der Waals surface area contributed by atoms with Gasteiger partial charge in [0.15, 0.2) is 11.2 Å². The molecule has 0 saturated heterocycles. The lowest BCUT2D eigenvalue weighted by atomic mass is 10.1. The number of aromatic nitrogens is 2. The quantitative estimate of drug-likeness (QED) is 0.515. The first-order valence-electron chi connectivity index (χ1n) is 8.08. The van der Waals surface area contributed by atoms with E-state index >= 15 is 0 Å². The highest BCUT2D eigenvalue weighted by Gasteiger charge is 2.23. The molecule has 134 valence electrons. The summed E-state index contributed by atoms with van der Waals surface area (Å²) in [6.07, 6.45) is 0. The number of aromatic amines is 1. The number of H-pyrrole nitrogens is 1. The predicted molar refractivity (Wildman–Crippen MR) is 101 cm³/mol. The van der Waals surface area contributed by atoms with Gasteiger partial charge in [-0.3, -0.25) is 4.79 Å². The first kappa shape index (κ1) is 18.0. The van der Waals surface area contributed by atoms with Crippen LogP contribution in [0.3, 0.4) is 0 Å². The number of methoxy groups -OCH3 is 1. The van der Waals surface area contributed by atoms with Gasteiger partial charge < -0.3 is 15.0 Å². The molecule has 0 spiro atoms. The fourth-order valence-corrected chi connectivity index (χ4v) is 3.24. The molecule has 6 nitrogen and oxygen atoms in total. The molecule has 0 aliphatic carbocycles. The molecule has 2 N–H and O–H groups in total. The summed E-state index contributed by atoms with van der Waals surface area (Å²) in [4.78, 5) is 32.0. The summed E-state index contributed by atoms with van der Waals surface area (Å²) in [5, 5.41) is 3.38. The predicted octanol–water partition coefficient (Wildman–Crippen LogP) is 2.99. The number of thioether (sulfide) groups is 1. The maximum atomic E-state index is 12.3. The van der Waals surface area contributed by atoms with Crippen molar-refractivity contribution in [1.82, 2.24) is 15.3 Å². The molecular weight excluding hydrogens is 350 g/mol. The molecule has 2 aromatic carbocycles. The number of nitrogens with zero attached hydrogens (tertiary/aromatic N) is 1. The fourth-order valence-electron chi connectivity index (χ4n) is 2.55. The van der Waals surface area contributed by atoms with Crippen molar-refractivity contribution < 1.29 is 14.3 Å². The molecule has 1 atom stereocenters. The molecule has 3 aromatic rings. The molecular formula is C19H19N3O3S. The zero-order valence-corrected chi connectivity index (χ0v) is 15.3. The Bertz CT molecular complexity index is 924. The Balaban J connectivity index is 1.65. The molecule has 0 aliphatic rings. The van der Waals surface area contributed by atoms with Crippen molar-refractivity contribution in [2.75, 3.05) is 12.9 Å². The number of esters is 1. The number of nitrogens with one attached hydrogen (secondary N) is 2. The number of carbonyl (C=O) groups excluding carboxylic acids is 2. The number of aryl methyl sites for hydroxylation is 1. The van der Waals surface area contributed by atoms with E-state index in [0.717, 1.165) is 16.6 Å². The van der Waals surface area contributed by atoms with Crippen LogP contribution in [-0.4, -0.2) is 34.7 Å². The monoisotopic (exact) mass is 369 g/mol. The highest BCUT2D eigenvalue weighted by molar-refractivity contribution is 7.99. The zero-order valence-electron chi connectivity index (χ0n) is 14.5. The third kappa shape index (κ3) is 4.23. The standard InChI is InChI=1S/C19H19N3O3S/c1-12-8-9-14-15(10-12)21-19(20-14)26-11-16(23)22-17(18(24)25-2)13-6-4-3-5-7-13/h3-10,17H,11H2,1-2H3,(H,20,21)(H,22,23)/t17-/m0/s1. The fraction of sp³-hybridized carbons (Fsp3) is 0.211. The molecule has 1 amide bonds. The molecule has 1 aromatic heterocycles. The second kappa shape index (κ2) is 8.05. The van der Waals surface area contributed by atoms with E-state index in [2.05, 4.69) is 15.3 Å². The van der Waals surface area contributed by atoms with Crippen LogP contribution >= 0.6 is 11.8 Å². The largest absolute Gasteiger partial charge is 0.467 e. The number of amides is 1. The van der Waals surface area contributed by atoms with Gasteiger partial charge in [-0.1, -0.05) is 48.2 Å². The maximum Gasteiger partial charge on any atom is 0.333 e. The third-order valence-corrected chi connectivity index (χ3v) is 4.70. The summed E-state index contributed by atoms with van der Waals surface area (Å²) in [5.74, 6) is -0.640. The number of rotatable bonds is 6. The van der Waals surface area contributed by atoms with Gasteiger partial charge in [-0.25, -0.2) is 9.78 Å². The normalized spacial score (nSPS) is 11.9. The van der Waals surface area contributed by atoms with Gasteiger partial charge >= 0.3 is 5.97 Å². The van der Waals surface area contributed by atoms with E-state index in [-0.39, 0.29) is 11.7 Å². The lowest BCUT2D eigenvalue weighted by molar-refractivity contribution is -0.145. The number of ether oxygens (including phenoxy) is 1. The van der Waals surface area contributed by atoms with Crippen molar-refractivity contribution >= 4 is 34.7 Å². The lowest BCUT2D eigenvalue weighted by Crippen LogP contribution is -2.35. The van der Waals surface area contributed by atoms with Crippen LogP contribution in [0.1, 0.15) is 17.2 Å². The zero-order chi connectivity index (χ0) is 18.5. The number of hydrogen-bond acceptors (Lipinski definition) is 5. The van der Waals surface area contributed by atoms with Gasteiger partial charge in [0.25, 0.3) is 0 Å². The smallest absolute Gasteiger partial charge is 0.333 e. The van der Waals surface area contributed by atoms with Crippen molar-refractivity contribution in [1.29, 1.82) is 0 Å². The van der Waals surface area contributed by atoms with Crippen LogP contribution in [0.25, 0.3) is 11.0 Å². The molecule has 0 aliphatic heterocycles. The molecule has 0 unspecified atom stereocenters. The van der Waals surface area contributed by atoms with Crippen molar-refractivity contribution in [2.45, 2.75) is 18.1 Å². The van der Waals surface area contributed by atoms with E-state index in [1.807, 2.05) is 43.3 Å². The minimum Gasteiger partial charge on any atom is -0.467 e. The summed E-state index contributed by atoms with van der Waals surface area (Å²) in [7, 11) is 1.30. The molecule has 1 heterocycles. The minimum absolute atomic E-state index is 0.138. The van der Waals surface area contributed by atoms with Crippen LogP contribution in [0, 0.1) is 6.92 Å². The van der Waals surface area contributed by atoms with Gasteiger partial charge in [-0.05, 0) is 30.2 Å². The molecule has 0 saturated carbocycles. The van der Waals surface area contributed by atoms with E-state index in [4.69, 9.17) is 4.74 Å². The Labute approximate surface area is 155 Å². The summed E-state index contributed by atoms with van der Waals surface area (Å²) in [5.41, 5.74) is 3.61. The number of imidazole rings is 1. The SMILES string of the molecule is COC(=O)[C@@H](NC(=O)CSc1nc2ccc(C)cc2[nH]1)c1ccccc1. The van der Waals surface area contributed by atoms with Crippen LogP contribution in [0.15, 0.2) is 53.7 Å². The molecule has 0 bridgehead atoms. The summed E-state index contributed by atoms with van der Waals surface area (Å²) in [6.45, 7) is 2.01. The average Bonchev–Trinajstić information content (AvgIpc) is 3.06. The Kier molecular flexibility index (Phi) is 5.58. The number of hydrogen-bond donors (Lipinski definition) is 2. The maximum absolute atomic E-state index is 12.3. The van der Waals surface area contributed by atoms with Gasteiger partial charge in [0, 0.05) is 0 Å². The van der Waals surface area contributed by atoms with Crippen molar-refractivity contribution in [3.05, 3.63) is 59.7 Å². The number of benzene rings is 2. The Morgan fingerprint density at radius 2 is 2.00 bits per heavy atom. The number of carbonyl (C=O) groups is 2. The van der Waals surface area contributed by atoms with E-state index in [1.165, 1.54) is 18.9 Å². The first-order valence-corrected chi connectivity index (χ1v) is 9.06. The minimum atomic E-state index is -0.826. The molecule has 0 fully saturated rings. The Hall–Kier alpha value is -2.80. The van der Waals surface area contributed by atoms with Gasteiger partial charge in [-0.2, -0.15) is 0 Å². The molecule has 3 rings (SSSR count). The second-order valence-electron chi connectivity index (χ2n) is 5.79. The number of fused-ring (bicyclic) bond motifs is 1. The van der Waals surface area contributed by atoms with E-state index in [9.17, 15) is 9.59 Å². The van der Waals surface area contributed by atoms with Gasteiger partial charge in [0.1, 0.15) is 0 Å². The van der Waals surface area contributed by atoms with Crippen LogP contribution in [-0.2, 0) is 14.3 Å². The van der Waals surface area contributed by atoms with Gasteiger partial charge in [0.2, 0.25) is 5.91 Å². The summed E-state index contributed by atoms with van der Waals surface area (Å²) < 4.78 is 4.80. The first-order chi connectivity index (χ1) is 12.6. The van der Waals surface area contributed by atoms with Gasteiger partial charge in [0.05, 0.1) is 23.9 Å². The molecule has 0 radical (unpaired) electrons. The van der Waals surface area contributed by atoms with E-state index < -0.39 is 12.0 Å². The Morgan fingerprint density at radius 3 is 2.73 bits per heavy atom. The van der Waals surface area contributed by atoms with Crippen molar-refractivity contribution in [3.8, 4) is 0 Å². The van der Waals surface area contributed by atoms with E-state index in [0.29, 0.717) is 10.7 Å². The summed E-state index contributed by atoms with van der Waals surface area (Å²) in [6, 6.07) is 14.1. The highest BCUT2D eigenvalue weighted by Crippen LogP contribution is 2.21. The topological polar surface area (TPSA) is 84.1 Å². The second-order valence-corrected chi connectivity index (χ2v) is 6.75. The van der Waals surface area contributed by atoms with Crippen LogP contribution in [0.5, 0.6) is 0 Å². The third-order valence-electron chi connectivity index (χ3n) is 3.83. The van der Waals surface area contributed by atoms with Crippen LogP contribution in [0.4, 0.5) is 0 Å². The van der Waals surface area contributed by atoms with Crippen LogP contribution in [0.2, 0.25) is 0 Å². The van der Waals surface area contributed by atoms with E-state index in [1.54, 1.807) is 12.1 Å². The van der Waals surface area contributed by atoms with Crippen molar-refractivity contribution in [3.63, 3.8) is 0 Å². The van der Waals surface area contributed by atoms with Gasteiger partial charge in [-0.15, -0.1) is 0 Å².